The van der Waals surface area contributed by atoms with Crippen LogP contribution in [0.3, 0.4) is 0 Å². The summed E-state index contributed by atoms with van der Waals surface area (Å²) in [5.74, 6) is 0.475. The molecule has 0 aliphatic heterocycles. The predicted molar refractivity (Wildman–Crippen MR) is 37.3 cm³/mol. The number of hydrogen-bond donors (Lipinski definition) is 1. The minimum Gasteiger partial charge on any atom is -0.366 e. The van der Waals surface area contributed by atoms with E-state index in [-0.39, 0.29) is 5.69 Å². The fourth-order valence-corrected chi connectivity index (χ4v) is 0.711. The van der Waals surface area contributed by atoms with Crippen LogP contribution in [-0.4, -0.2) is 4.57 Å². The molecule has 0 spiro atoms. The first kappa shape index (κ1) is 6.80. The monoisotopic (exact) mass is 140 g/mol. The Bertz CT molecular complexity index is 302. The van der Waals surface area contributed by atoms with Crippen molar-refractivity contribution < 1.29 is 4.57 Å². The maximum atomic E-state index is 11.0. The van der Waals surface area contributed by atoms with Gasteiger partial charge in [0.05, 0.1) is 20.3 Å². The van der Waals surface area contributed by atoms with Gasteiger partial charge in [-0.05, 0) is 0 Å². The molecule has 1 aromatic rings. The maximum Gasteiger partial charge on any atom is 0.499 e. The van der Waals surface area contributed by atoms with Gasteiger partial charge < -0.3 is 5.73 Å². The zero-order valence-corrected chi connectivity index (χ0v) is 6.03. The van der Waals surface area contributed by atoms with Gasteiger partial charge in [-0.2, -0.15) is 9.36 Å². The van der Waals surface area contributed by atoms with Crippen molar-refractivity contribution in [1.82, 2.24) is 4.57 Å². The maximum absolute atomic E-state index is 11.0. The van der Waals surface area contributed by atoms with Crippen LogP contribution in [0.1, 0.15) is 0 Å². The first-order chi connectivity index (χ1) is 4.63. The van der Waals surface area contributed by atoms with Crippen LogP contribution in [0.5, 0.6) is 0 Å². The second-order valence-electron chi connectivity index (χ2n) is 2.19. The lowest BCUT2D eigenvalue weighted by Gasteiger charge is -1.94. The summed E-state index contributed by atoms with van der Waals surface area (Å²) in [5.41, 5.74) is 5.33. The van der Waals surface area contributed by atoms with Gasteiger partial charge in [0.2, 0.25) is 0 Å². The molecule has 1 rings (SSSR count). The van der Waals surface area contributed by atoms with E-state index in [4.69, 9.17) is 5.73 Å². The summed E-state index contributed by atoms with van der Waals surface area (Å²) in [4.78, 5) is 11.0. The van der Waals surface area contributed by atoms with Gasteiger partial charge in [-0.25, -0.2) is 4.57 Å². The van der Waals surface area contributed by atoms with Crippen LogP contribution in [-0.2, 0) is 14.1 Å². The Labute approximate surface area is 58.5 Å². The summed E-state index contributed by atoms with van der Waals surface area (Å²) < 4.78 is 2.86. The first-order valence-corrected chi connectivity index (χ1v) is 2.94. The number of aromatic nitrogens is 2. The number of nitrogens with two attached hydrogens (primary N) is 1. The number of aryl methyl sites for hydroxylation is 1. The summed E-state index contributed by atoms with van der Waals surface area (Å²) in [6.45, 7) is 0. The molecule has 0 unspecified atom stereocenters. The highest BCUT2D eigenvalue weighted by Crippen LogP contribution is 1.88. The van der Waals surface area contributed by atoms with Crippen molar-refractivity contribution in [2.75, 3.05) is 5.73 Å². The molecule has 10 heavy (non-hydrogen) atoms. The summed E-state index contributed by atoms with van der Waals surface area (Å²) in [7, 11) is 3.32. The van der Waals surface area contributed by atoms with Crippen LogP contribution in [0.25, 0.3) is 0 Å². The zero-order chi connectivity index (χ0) is 7.72. The summed E-state index contributed by atoms with van der Waals surface area (Å²) in [6.07, 6.45) is 1.64. The third kappa shape index (κ3) is 0.877. The third-order valence-corrected chi connectivity index (χ3v) is 1.44. The highest BCUT2D eigenvalue weighted by atomic mass is 16.1. The number of rotatable bonds is 0. The Hall–Kier alpha value is -1.32. The Morgan fingerprint density at radius 2 is 2.30 bits per heavy atom. The standard InChI is InChI=1S/C6H9N3O/c1-8-4-3-5(7)9(2)6(8)10/h3-4,7H,1-2H3/p+1. The van der Waals surface area contributed by atoms with E-state index in [1.807, 2.05) is 0 Å². The van der Waals surface area contributed by atoms with E-state index in [2.05, 4.69) is 0 Å². The fourth-order valence-electron chi connectivity index (χ4n) is 0.711. The van der Waals surface area contributed by atoms with Crippen molar-refractivity contribution in [2.24, 2.45) is 14.1 Å². The van der Waals surface area contributed by atoms with Crippen LogP contribution >= 0.6 is 0 Å². The van der Waals surface area contributed by atoms with Crippen molar-refractivity contribution in [3.05, 3.63) is 22.7 Å². The predicted octanol–water partition coefficient (Wildman–Crippen LogP) is -1.21. The molecule has 4 nitrogen and oxygen atoms in total. The second kappa shape index (κ2) is 2.13. The van der Waals surface area contributed by atoms with Gasteiger partial charge >= 0.3 is 5.69 Å². The Morgan fingerprint density at radius 1 is 1.70 bits per heavy atom. The number of nitrogen functional groups attached to an aromatic ring is 1. The second-order valence-corrected chi connectivity index (χ2v) is 2.19. The average molecular weight is 140 g/mol. The van der Waals surface area contributed by atoms with E-state index in [1.54, 1.807) is 26.4 Å². The molecule has 0 aliphatic carbocycles. The van der Waals surface area contributed by atoms with Crippen molar-refractivity contribution in [2.45, 2.75) is 0 Å². The molecule has 54 valence electrons. The molecule has 0 radical (unpaired) electrons. The van der Waals surface area contributed by atoms with Gasteiger partial charge in [0.15, 0.2) is 5.82 Å². The van der Waals surface area contributed by atoms with E-state index in [9.17, 15) is 4.79 Å². The lowest BCUT2D eigenvalue weighted by Crippen LogP contribution is -2.50. The van der Waals surface area contributed by atoms with Crippen LogP contribution < -0.4 is 16.0 Å². The quantitative estimate of drug-likeness (QED) is 0.460. The van der Waals surface area contributed by atoms with E-state index in [0.29, 0.717) is 5.82 Å². The van der Waals surface area contributed by atoms with Crippen molar-refractivity contribution in [3.63, 3.8) is 0 Å². The molecule has 0 saturated heterocycles. The minimum atomic E-state index is -0.111. The summed E-state index contributed by atoms with van der Waals surface area (Å²) >= 11 is 0. The fraction of sp³-hybridized carbons (Fsp3) is 0.333. The normalized spacial score (nSPS) is 9.80. The average Bonchev–Trinajstić information content (AvgIpc) is 1.93. The van der Waals surface area contributed by atoms with Crippen LogP contribution in [0, 0.1) is 0 Å². The highest BCUT2D eigenvalue weighted by Gasteiger charge is 2.04. The van der Waals surface area contributed by atoms with E-state index >= 15 is 0 Å². The topological polar surface area (TPSA) is 51.9 Å². The third-order valence-electron chi connectivity index (χ3n) is 1.44. The largest absolute Gasteiger partial charge is 0.499 e. The molecule has 0 amide bonds. The SMILES string of the molecule is Cn1c(N)cc[n+](C)c1=O. The molecule has 1 aromatic heterocycles. The van der Waals surface area contributed by atoms with E-state index in [1.165, 1.54) is 9.13 Å². The van der Waals surface area contributed by atoms with E-state index in [0.717, 1.165) is 0 Å². The number of hydrogen-bond acceptors (Lipinski definition) is 2. The molecule has 0 fully saturated rings. The van der Waals surface area contributed by atoms with Crippen molar-refractivity contribution >= 4 is 5.82 Å². The van der Waals surface area contributed by atoms with Crippen LogP contribution in [0.15, 0.2) is 17.1 Å². The van der Waals surface area contributed by atoms with Gasteiger partial charge in [0.25, 0.3) is 0 Å². The Morgan fingerprint density at radius 3 is 2.80 bits per heavy atom. The zero-order valence-electron chi connectivity index (χ0n) is 6.03. The summed E-state index contributed by atoms with van der Waals surface area (Å²) in [6, 6.07) is 1.68. The van der Waals surface area contributed by atoms with E-state index < -0.39 is 0 Å². The van der Waals surface area contributed by atoms with Gasteiger partial charge in [-0.1, -0.05) is 0 Å². The molecule has 0 aliphatic rings. The van der Waals surface area contributed by atoms with Gasteiger partial charge in [-0.3, -0.25) is 0 Å². The molecule has 0 bridgehead atoms. The lowest BCUT2D eigenvalue weighted by molar-refractivity contribution is -0.690. The number of anilines is 1. The Balaban J connectivity index is 3.50. The highest BCUT2D eigenvalue weighted by molar-refractivity contribution is 5.23. The van der Waals surface area contributed by atoms with Crippen LogP contribution in [0.2, 0.25) is 0 Å². The lowest BCUT2D eigenvalue weighted by atomic mass is 10.6. The van der Waals surface area contributed by atoms with Crippen molar-refractivity contribution in [3.8, 4) is 0 Å². The molecule has 0 atom stereocenters. The molecule has 1 heterocycles. The Kier molecular flexibility index (Phi) is 1.45. The number of nitrogens with zero attached hydrogens (tertiary/aromatic N) is 2. The molecule has 4 heteroatoms. The smallest absolute Gasteiger partial charge is 0.366 e. The van der Waals surface area contributed by atoms with Gasteiger partial charge in [-0.15, -0.1) is 0 Å². The van der Waals surface area contributed by atoms with Gasteiger partial charge in [0, 0.05) is 6.07 Å². The molecule has 0 saturated carbocycles. The van der Waals surface area contributed by atoms with Crippen molar-refractivity contribution in [1.29, 1.82) is 0 Å². The minimum absolute atomic E-state index is 0.111. The molecule has 2 N–H and O–H groups in total. The van der Waals surface area contributed by atoms with Crippen LogP contribution in [0.4, 0.5) is 5.82 Å². The van der Waals surface area contributed by atoms with Gasteiger partial charge in [0.1, 0.15) is 0 Å². The first-order valence-electron chi connectivity index (χ1n) is 2.94. The molecular formula is C6H10N3O+. The molecular weight excluding hydrogens is 130 g/mol. The summed E-state index contributed by atoms with van der Waals surface area (Å²) in [5, 5.41) is 0. The molecule has 0 aromatic carbocycles.